The average molecular weight is 370 g/mol. The molecule has 1 aliphatic rings. The fourth-order valence-corrected chi connectivity index (χ4v) is 3.35. The summed E-state index contributed by atoms with van der Waals surface area (Å²) in [5.41, 5.74) is 3.57. The molecule has 0 aliphatic carbocycles. The molecule has 4 heteroatoms. The van der Waals surface area contributed by atoms with Crippen LogP contribution in [0, 0.1) is 0 Å². The molecule has 0 aromatic heterocycles. The summed E-state index contributed by atoms with van der Waals surface area (Å²) in [7, 11) is 1.62. The van der Waals surface area contributed by atoms with Crippen LogP contribution in [0.4, 0.5) is 11.4 Å². The van der Waals surface area contributed by atoms with Gasteiger partial charge in [-0.2, -0.15) is 0 Å². The number of ether oxygens (including phenoxy) is 1. The number of anilines is 2. The van der Waals surface area contributed by atoms with E-state index in [1.165, 1.54) is 0 Å². The van der Waals surface area contributed by atoms with Crippen molar-refractivity contribution in [3.63, 3.8) is 0 Å². The van der Waals surface area contributed by atoms with Gasteiger partial charge >= 0.3 is 0 Å². The summed E-state index contributed by atoms with van der Waals surface area (Å²) in [6, 6.07) is 27.6. The highest BCUT2D eigenvalue weighted by atomic mass is 16.5. The van der Waals surface area contributed by atoms with Gasteiger partial charge in [-0.05, 0) is 48.5 Å². The van der Waals surface area contributed by atoms with E-state index in [0.29, 0.717) is 18.8 Å². The Morgan fingerprint density at radius 1 is 0.821 bits per heavy atom. The molecule has 28 heavy (non-hydrogen) atoms. The van der Waals surface area contributed by atoms with Gasteiger partial charge in [-0.25, -0.2) is 0 Å². The zero-order valence-corrected chi connectivity index (χ0v) is 15.8. The van der Waals surface area contributed by atoms with Crippen molar-refractivity contribution < 1.29 is 9.53 Å². The molecule has 140 valence electrons. The Bertz CT molecular complexity index is 967. The molecule has 4 nitrogen and oxygen atoms in total. The molecule has 0 atom stereocenters. The summed E-state index contributed by atoms with van der Waals surface area (Å²) in [6.07, 6.45) is 1.97. The van der Waals surface area contributed by atoms with Gasteiger partial charge in [0.2, 0.25) is 0 Å². The van der Waals surface area contributed by atoms with E-state index >= 15 is 0 Å². The molecule has 1 heterocycles. The van der Waals surface area contributed by atoms with Crippen molar-refractivity contribution in [3.8, 4) is 5.75 Å². The third-order valence-electron chi connectivity index (χ3n) is 4.85. The SMILES string of the molecule is COc1ccc(C(=O)C2=CN(c3ccccc3)CN(c3ccccc3)C2)cc1. The largest absolute Gasteiger partial charge is 0.497 e. The molecule has 0 unspecified atom stereocenters. The summed E-state index contributed by atoms with van der Waals surface area (Å²) in [5, 5.41) is 0. The van der Waals surface area contributed by atoms with Crippen molar-refractivity contribution in [2.45, 2.75) is 0 Å². The molecule has 0 saturated carbocycles. The van der Waals surface area contributed by atoms with Crippen LogP contribution in [-0.2, 0) is 0 Å². The van der Waals surface area contributed by atoms with Crippen LogP contribution in [0.5, 0.6) is 5.75 Å². The average Bonchev–Trinajstić information content (AvgIpc) is 2.79. The molecule has 3 aromatic carbocycles. The van der Waals surface area contributed by atoms with Gasteiger partial charge in [0.05, 0.1) is 20.3 Å². The lowest BCUT2D eigenvalue weighted by Crippen LogP contribution is -2.42. The van der Waals surface area contributed by atoms with Crippen LogP contribution in [0.15, 0.2) is 96.7 Å². The fraction of sp³-hybridized carbons (Fsp3) is 0.125. The summed E-state index contributed by atoms with van der Waals surface area (Å²) >= 11 is 0. The molecule has 1 aliphatic heterocycles. The molecule has 0 spiro atoms. The summed E-state index contributed by atoms with van der Waals surface area (Å²) < 4.78 is 5.20. The Hall–Kier alpha value is -3.53. The minimum Gasteiger partial charge on any atom is -0.497 e. The maximum Gasteiger partial charge on any atom is 0.192 e. The smallest absolute Gasteiger partial charge is 0.192 e. The number of hydrogen-bond donors (Lipinski definition) is 0. The zero-order chi connectivity index (χ0) is 19.3. The van der Waals surface area contributed by atoms with Gasteiger partial charge in [0.25, 0.3) is 0 Å². The Balaban J connectivity index is 1.68. The minimum absolute atomic E-state index is 0.0317. The van der Waals surface area contributed by atoms with Crippen LogP contribution in [-0.4, -0.2) is 26.1 Å². The number of Topliss-reactive ketones (excluding diaryl/α,β-unsaturated/α-hetero) is 1. The van der Waals surface area contributed by atoms with Crippen LogP contribution < -0.4 is 14.5 Å². The van der Waals surface area contributed by atoms with Crippen molar-refractivity contribution in [1.29, 1.82) is 0 Å². The van der Waals surface area contributed by atoms with Crippen LogP contribution in [0.3, 0.4) is 0 Å². The van der Waals surface area contributed by atoms with Crippen molar-refractivity contribution in [2.75, 3.05) is 30.1 Å². The van der Waals surface area contributed by atoms with Gasteiger partial charge in [0.15, 0.2) is 5.78 Å². The molecule has 0 fully saturated rings. The number of hydrogen-bond acceptors (Lipinski definition) is 4. The number of nitrogens with zero attached hydrogens (tertiary/aromatic N) is 2. The normalized spacial score (nSPS) is 13.8. The highest BCUT2D eigenvalue weighted by molar-refractivity contribution is 6.09. The van der Waals surface area contributed by atoms with Crippen LogP contribution in [0.25, 0.3) is 0 Å². The highest BCUT2D eigenvalue weighted by Gasteiger charge is 2.24. The second kappa shape index (κ2) is 8.01. The molecule has 0 radical (unpaired) electrons. The van der Waals surface area contributed by atoms with Gasteiger partial charge < -0.3 is 14.5 Å². The number of benzene rings is 3. The van der Waals surface area contributed by atoms with Gasteiger partial charge in [-0.3, -0.25) is 4.79 Å². The molecule has 0 N–H and O–H groups in total. The first-order valence-corrected chi connectivity index (χ1v) is 9.26. The Morgan fingerprint density at radius 2 is 1.43 bits per heavy atom. The van der Waals surface area contributed by atoms with E-state index in [9.17, 15) is 4.79 Å². The first-order valence-electron chi connectivity index (χ1n) is 9.26. The highest BCUT2D eigenvalue weighted by Crippen LogP contribution is 2.26. The molecule has 0 bridgehead atoms. The number of carbonyl (C=O) groups is 1. The summed E-state index contributed by atoms with van der Waals surface area (Å²) in [4.78, 5) is 17.5. The Kier molecular flexibility index (Phi) is 5.11. The lowest BCUT2D eigenvalue weighted by Gasteiger charge is -2.36. The first-order chi connectivity index (χ1) is 13.7. The number of carbonyl (C=O) groups excluding carboxylic acids is 1. The maximum atomic E-state index is 13.2. The topological polar surface area (TPSA) is 32.8 Å². The first kappa shape index (κ1) is 17.9. The van der Waals surface area contributed by atoms with E-state index in [-0.39, 0.29) is 5.78 Å². The van der Waals surface area contributed by atoms with Crippen LogP contribution in [0.2, 0.25) is 0 Å². The second-order valence-corrected chi connectivity index (χ2v) is 6.69. The van der Waals surface area contributed by atoms with E-state index < -0.39 is 0 Å². The third kappa shape index (κ3) is 3.76. The maximum absolute atomic E-state index is 13.2. The predicted molar refractivity (Wildman–Crippen MR) is 113 cm³/mol. The summed E-state index contributed by atoms with van der Waals surface area (Å²) in [6.45, 7) is 1.26. The quantitative estimate of drug-likeness (QED) is 0.607. The number of para-hydroxylation sites is 2. The number of rotatable bonds is 5. The van der Waals surface area contributed by atoms with E-state index in [1.807, 2.05) is 66.9 Å². The number of methoxy groups -OCH3 is 1. The van der Waals surface area contributed by atoms with Crippen molar-refractivity contribution >= 4 is 17.2 Å². The summed E-state index contributed by atoms with van der Waals surface area (Å²) in [5.74, 6) is 0.773. The van der Waals surface area contributed by atoms with Crippen molar-refractivity contribution in [3.05, 3.63) is 102 Å². The monoisotopic (exact) mass is 370 g/mol. The van der Waals surface area contributed by atoms with Gasteiger partial charge in [-0.15, -0.1) is 0 Å². The van der Waals surface area contributed by atoms with Crippen LogP contribution >= 0.6 is 0 Å². The third-order valence-corrected chi connectivity index (χ3v) is 4.85. The van der Waals surface area contributed by atoms with Crippen LogP contribution in [0.1, 0.15) is 10.4 Å². The standard InChI is InChI=1S/C24H22N2O2/c1-28-23-14-12-19(13-15-23)24(27)20-16-25(21-8-4-2-5-9-21)18-26(17-20)22-10-6-3-7-11-22/h2-16H,17-18H2,1H3. The van der Waals surface area contributed by atoms with E-state index in [0.717, 1.165) is 22.7 Å². The second-order valence-electron chi connectivity index (χ2n) is 6.69. The molecule has 3 aromatic rings. The van der Waals surface area contributed by atoms with Gasteiger partial charge in [0, 0.05) is 28.7 Å². The molecular weight excluding hydrogens is 348 g/mol. The molecule has 0 saturated heterocycles. The van der Waals surface area contributed by atoms with Crippen molar-refractivity contribution in [1.82, 2.24) is 0 Å². The molecule has 0 amide bonds. The van der Waals surface area contributed by atoms with E-state index in [2.05, 4.69) is 34.1 Å². The lowest BCUT2D eigenvalue weighted by atomic mass is 10.0. The van der Waals surface area contributed by atoms with Gasteiger partial charge in [0.1, 0.15) is 5.75 Å². The van der Waals surface area contributed by atoms with E-state index in [4.69, 9.17) is 4.74 Å². The Morgan fingerprint density at radius 3 is 2.04 bits per heavy atom. The minimum atomic E-state index is 0.0317. The lowest BCUT2D eigenvalue weighted by molar-refractivity contribution is 0.103. The van der Waals surface area contributed by atoms with E-state index in [1.54, 1.807) is 7.11 Å². The fourth-order valence-electron chi connectivity index (χ4n) is 3.35. The predicted octanol–water partition coefficient (Wildman–Crippen LogP) is 4.75. The van der Waals surface area contributed by atoms with Gasteiger partial charge in [-0.1, -0.05) is 36.4 Å². The Labute approximate surface area is 165 Å². The number of ketones is 1. The van der Waals surface area contributed by atoms with Crippen molar-refractivity contribution in [2.24, 2.45) is 0 Å². The molecular formula is C24H22N2O2. The zero-order valence-electron chi connectivity index (χ0n) is 15.8. The molecule has 4 rings (SSSR count).